The molecule has 0 aliphatic rings. The SMILES string of the molecule is Cc1c(NC(=O)c2ccc(CNCCNC(=O)OC(C)(C)C)cn2)cccc1-c1cccc(NC(=O)c2ccc(CNCCO)cn2)c1Cl. The van der Waals surface area contributed by atoms with E-state index in [-0.39, 0.29) is 23.9 Å². The van der Waals surface area contributed by atoms with E-state index < -0.39 is 17.6 Å². The summed E-state index contributed by atoms with van der Waals surface area (Å²) in [5.74, 6) is -0.771. The molecule has 258 valence electrons. The van der Waals surface area contributed by atoms with Gasteiger partial charge >= 0.3 is 6.09 Å². The minimum atomic E-state index is -0.549. The van der Waals surface area contributed by atoms with Gasteiger partial charge in [0.05, 0.1) is 17.3 Å². The summed E-state index contributed by atoms with van der Waals surface area (Å²) in [6.07, 6.45) is 2.78. The fraction of sp³-hybridized carbons (Fsp3) is 0.306. The smallest absolute Gasteiger partial charge is 0.407 e. The first kappa shape index (κ1) is 36.9. The molecule has 13 heteroatoms. The second kappa shape index (κ2) is 17.5. The second-order valence-electron chi connectivity index (χ2n) is 12.2. The van der Waals surface area contributed by atoms with Gasteiger partial charge in [0, 0.05) is 56.4 Å². The monoisotopic (exact) mass is 687 g/mol. The lowest BCUT2D eigenvalue weighted by atomic mass is 9.98. The molecule has 12 nitrogen and oxygen atoms in total. The number of halogens is 1. The lowest BCUT2D eigenvalue weighted by Crippen LogP contribution is -2.36. The number of aliphatic hydroxyl groups excluding tert-OH is 1. The maximum Gasteiger partial charge on any atom is 0.407 e. The van der Waals surface area contributed by atoms with E-state index in [9.17, 15) is 14.4 Å². The van der Waals surface area contributed by atoms with Crippen molar-refractivity contribution in [1.29, 1.82) is 0 Å². The third-order valence-electron chi connectivity index (χ3n) is 7.15. The van der Waals surface area contributed by atoms with E-state index in [2.05, 4.69) is 36.6 Å². The molecular weight excluding hydrogens is 646 g/mol. The van der Waals surface area contributed by atoms with Crippen molar-refractivity contribution >= 4 is 40.9 Å². The molecule has 0 saturated carbocycles. The van der Waals surface area contributed by atoms with E-state index in [0.717, 1.165) is 22.3 Å². The number of alkyl carbamates (subject to hydrolysis) is 1. The van der Waals surface area contributed by atoms with E-state index >= 15 is 0 Å². The van der Waals surface area contributed by atoms with Crippen LogP contribution in [0.1, 0.15) is 58.4 Å². The molecule has 0 unspecified atom stereocenters. The molecule has 3 amide bonds. The summed E-state index contributed by atoms with van der Waals surface area (Å²) in [6, 6.07) is 17.8. The molecular formula is C36H42ClN7O5. The van der Waals surface area contributed by atoms with Crippen LogP contribution in [-0.2, 0) is 17.8 Å². The molecule has 0 radical (unpaired) electrons. The Hall–Kier alpha value is -4.88. The quantitative estimate of drug-likeness (QED) is 0.0964. The minimum Gasteiger partial charge on any atom is -0.444 e. The molecule has 0 aliphatic carbocycles. The first-order chi connectivity index (χ1) is 23.4. The number of carbonyl (C=O) groups is 3. The van der Waals surface area contributed by atoms with E-state index in [1.807, 2.05) is 52.0 Å². The maximum absolute atomic E-state index is 13.1. The number of nitrogens with one attached hydrogen (secondary N) is 5. The largest absolute Gasteiger partial charge is 0.444 e. The molecule has 0 spiro atoms. The van der Waals surface area contributed by atoms with Crippen LogP contribution in [0.15, 0.2) is 73.1 Å². The van der Waals surface area contributed by atoms with Crippen molar-refractivity contribution in [3.63, 3.8) is 0 Å². The topological polar surface area (TPSA) is 167 Å². The molecule has 0 bridgehead atoms. The van der Waals surface area contributed by atoms with Gasteiger partial charge in [-0.25, -0.2) is 4.79 Å². The molecule has 4 aromatic rings. The number of aliphatic hydroxyl groups is 1. The fourth-order valence-corrected chi connectivity index (χ4v) is 4.99. The zero-order valence-electron chi connectivity index (χ0n) is 28.0. The number of anilines is 2. The third-order valence-corrected chi connectivity index (χ3v) is 7.56. The van der Waals surface area contributed by atoms with Gasteiger partial charge in [-0.2, -0.15) is 0 Å². The fourth-order valence-electron chi connectivity index (χ4n) is 4.71. The molecule has 49 heavy (non-hydrogen) atoms. The molecule has 0 saturated heterocycles. The van der Waals surface area contributed by atoms with E-state index in [1.54, 1.807) is 48.8 Å². The number of nitrogens with zero attached hydrogens (tertiary/aromatic N) is 2. The van der Waals surface area contributed by atoms with Crippen LogP contribution >= 0.6 is 11.6 Å². The van der Waals surface area contributed by atoms with Crippen molar-refractivity contribution in [3.05, 3.63) is 106 Å². The summed E-state index contributed by atoms with van der Waals surface area (Å²) < 4.78 is 5.21. The molecule has 0 atom stereocenters. The van der Waals surface area contributed by atoms with Gasteiger partial charge in [0.25, 0.3) is 11.8 Å². The summed E-state index contributed by atoms with van der Waals surface area (Å²) in [5, 5.41) is 24.0. The average Bonchev–Trinajstić information content (AvgIpc) is 3.06. The van der Waals surface area contributed by atoms with E-state index in [1.165, 1.54) is 0 Å². The van der Waals surface area contributed by atoms with Gasteiger partial charge in [0.2, 0.25) is 0 Å². The van der Waals surface area contributed by atoms with Crippen LogP contribution in [0.3, 0.4) is 0 Å². The highest BCUT2D eigenvalue weighted by molar-refractivity contribution is 6.36. The zero-order chi connectivity index (χ0) is 35.4. The minimum absolute atomic E-state index is 0.0401. The highest BCUT2D eigenvalue weighted by atomic mass is 35.5. The van der Waals surface area contributed by atoms with Crippen LogP contribution in [0.25, 0.3) is 11.1 Å². The molecule has 0 aliphatic heterocycles. The molecule has 2 heterocycles. The summed E-state index contributed by atoms with van der Waals surface area (Å²) in [5.41, 5.74) is 4.98. The Morgan fingerprint density at radius 3 is 1.86 bits per heavy atom. The lowest BCUT2D eigenvalue weighted by Gasteiger charge is -2.19. The number of pyridine rings is 2. The summed E-state index contributed by atoms with van der Waals surface area (Å²) in [4.78, 5) is 46.4. The van der Waals surface area contributed by atoms with Crippen LogP contribution in [0.4, 0.5) is 16.2 Å². The van der Waals surface area contributed by atoms with Crippen molar-refractivity contribution in [3.8, 4) is 11.1 Å². The van der Waals surface area contributed by atoms with Crippen LogP contribution in [0.5, 0.6) is 0 Å². The molecule has 6 N–H and O–H groups in total. The van der Waals surface area contributed by atoms with Gasteiger partial charge in [-0.3, -0.25) is 19.6 Å². The Balaban J connectivity index is 1.35. The number of carbonyl (C=O) groups excluding carboxylic acids is 3. The molecule has 0 fully saturated rings. The Labute approximate surface area is 291 Å². The number of hydrogen-bond acceptors (Lipinski definition) is 9. The Kier molecular flexibility index (Phi) is 13.2. The summed E-state index contributed by atoms with van der Waals surface area (Å²) in [6.45, 7) is 9.80. The van der Waals surface area contributed by atoms with Gasteiger partial charge in [0.1, 0.15) is 17.0 Å². The van der Waals surface area contributed by atoms with Gasteiger partial charge in [-0.1, -0.05) is 48.0 Å². The Bertz CT molecular complexity index is 1740. The number of benzene rings is 2. The van der Waals surface area contributed by atoms with Crippen molar-refractivity contribution < 1.29 is 24.2 Å². The summed E-state index contributed by atoms with van der Waals surface area (Å²) >= 11 is 6.81. The first-order valence-electron chi connectivity index (χ1n) is 15.9. The highest BCUT2D eigenvalue weighted by Crippen LogP contribution is 2.37. The third kappa shape index (κ3) is 11.1. The van der Waals surface area contributed by atoms with Crippen LogP contribution in [-0.4, -0.2) is 64.8 Å². The normalized spacial score (nSPS) is 11.1. The van der Waals surface area contributed by atoms with Gasteiger partial charge in [-0.05, 0) is 74.2 Å². The number of ether oxygens (including phenoxy) is 1. The van der Waals surface area contributed by atoms with Crippen LogP contribution in [0.2, 0.25) is 5.02 Å². The van der Waals surface area contributed by atoms with Gasteiger partial charge in [-0.15, -0.1) is 0 Å². The first-order valence-corrected chi connectivity index (χ1v) is 16.2. The van der Waals surface area contributed by atoms with Gasteiger partial charge < -0.3 is 36.4 Å². The zero-order valence-corrected chi connectivity index (χ0v) is 28.8. The second-order valence-corrected chi connectivity index (χ2v) is 12.5. The maximum atomic E-state index is 13.1. The van der Waals surface area contributed by atoms with Crippen molar-refractivity contribution in [2.45, 2.75) is 46.4 Å². The average molecular weight is 688 g/mol. The lowest BCUT2D eigenvalue weighted by molar-refractivity contribution is 0.0528. The van der Waals surface area contributed by atoms with Crippen molar-refractivity contribution in [1.82, 2.24) is 25.9 Å². The highest BCUT2D eigenvalue weighted by Gasteiger charge is 2.18. The standard InChI is InChI=1S/C36H42ClN7O5/c1-23-26(27-8-6-10-29(32(27)37)44-34(47)31-14-12-25(22-42-31)20-39-17-18-45)7-5-9-28(23)43-33(46)30-13-11-24(21-41-30)19-38-15-16-40-35(48)49-36(2,3)4/h5-14,21-22,38-39,45H,15-20H2,1-4H3,(H,40,48)(H,43,46)(H,44,47). The van der Waals surface area contributed by atoms with E-state index in [0.29, 0.717) is 54.7 Å². The molecule has 2 aromatic carbocycles. The van der Waals surface area contributed by atoms with Crippen molar-refractivity contribution in [2.75, 3.05) is 36.9 Å². The molecule has 4 rings (SSSR count). The van der Waals surface area contributed by atoms with Gasteiger partial charge in [0.15, 0.2) is 0 Å². The van der Waals surface area contributed by atoms with E-state index in [4.69, 9.17) is 21.4 Å². The van der Waals surface area contributed by atoms with Crippen LogP contribution in [0, 0.1) is 6.92 Å². The number of hydrogen-bond donors (Lipinski definition) is 6. The Morgan fingerprint density at radius 2 is 1.31 bits per heavy atom. The predicted molar refractivity (Wildman–Crippen MR) is 191 cm³/mol. The van der Waals surface area contributed by atoms with Crippen LogP contribution < -0.4 is 26.6 Å². The number of rotatable bonds is 14. The van der Waals surface area contributed by atoms with Crippen molar-refractivity contribution in [2.24, 2.45) is 0 Å². The predicted octanol–water partition coefficient (Wildman–Crippen LogP) is 5.31. The number of amides is 3. The number of aromatic nitrogens is 2. The summed E-state index contributed by atoms with van der Waals surface area (Å²) in [7, 11) is 0. The molecule has 2 aromatic heterocycles. The Morgan fingerprint density at radius 1 is 0.755 bits per heavy atom.